The maximum Gasteiger partial charge on any atom is 0.223 e. The van der Waals surface area contributed by atoms with Gasteiger partial charge in [0, 0.05) is 43.6 Å². The van der Waals surface area contributed by atoms with Crippen LogP contribution in [0.5, 0.6) is 11.5 Å². The SMILES string of the molecule is COc1ccc(C(=O)CCC(=O)N2CCNCC2c2ccccc2OC)cc1.Cl. The molecule has 1 aliphatic rings. The van der Waals surface area contributed by atoms with Crippen molar-refractivity contribution in [3.63, 3.8) is 0 Å². The van der Waals surface area contributed by atoms with Crippen molar-refractivity contribution < 1.29 is 19.1 Å². The largest absolute Gasteiger partial charge is 0.497 e. The standard InChI is InChI=1S/C22H26N2O4.ClH/c1-27-17-9-7-16(8-10-17)20(25)11-12-22(26)24-14-13-23-15-19(24)18-5-3-4-6-21(18)28-2;/h3-10,19,23H,11-15H2,1-2H3;1H. The average molecular weight is 419 g/mol. The highest BCUT2D eigenvalue weighted by Crippen LogP contribution is 2.30. The number of benzene rings is 2. The highest BCUT2D eigenvalue weighted by atomic mass is 35.5. The topological polar surface area (TPSA) is 67.9 Å². The molecule has 3 rings (SSSR count). The lowest BCUT2D eigenvalue weighted by molar-refractivity contribution is -0.134. The molecule has 2 aromatic carbocycles. The first-order valence-corrected chi connectivity index (χ1v) is 9.44. The Morgan fingerprint density at radius 1 is 1.03 bits per heavy atom. The molecule has 1 aliphatic heterocycles. The van der Waals surface area contributed by atoms with Crippen LogP contribution in [0.3, 0.4) is 0 Å². The summed E-state index contributed by atoms with van der Waals surface area (Å²) in [4.78, 5) is 27.2. The summed E-state index contributed by atoms with van der Waals surface area (Å²) in [6.07, 6.45) is 0.379. The van der Waals surface area contributed by atoms with Gasteiger partial charge in [-0.2, -0.15) is 0 Å². The van der Waals surface area contributed by atoms with Crippen LogP contribution in [0.4, 0.5) is 0 Å². The number of para-hydroxylation sites is 1. The molecule has 1 saturated heterocycles. The number of nitrogens with one attached hydrogen (secondary N) is 1. The van der Waals surface area contributed by atoms with E-state index >= 15 is 0 Å². The summed E-state index contributed by atoms with van der Waals surface area (Å²) in [6.45, 7) is 2.01. The van der Waals surface area contributed by atoms with Gasteiger partial charge in [-0.25, -0.2) is 0 Å². The van der Waals surface area contributed by atoms with Crippen LogP contribution in [0.2, 0.25) is 0 Å². The molecule has 156 valence electrons. The van der Waals surface area contributed by atoms with E-state index in [9.17, 15) is 9.59 Å². The second kappa shape index (κ2) is 10.8. The minimum Gasteiger partial charge on any atom is -0.497 e. The van der Waals surface area contributed by atoms with E-state index in [-0.39, 0.29) is 43.0 Å². The van der Waals surface area contributed by atoms with Crippen LogP contribution in [0.25, 0.3) is 0 Å². The molecule has 1 heterocycles. The quantitative estimate of drug-likeness (QED) is 0.699. The van der Waals surface area contributed by atoms with Crippen LogP contribution >= 0.6 is 12.4 Å². The Balaban J connectivity index is 0.00000300. The Bertz CT molecular complexity index is 826. The Kier molecular flexibility index (Phi) is 8.49. The van der Waals surface area contributed by atoms with E-state index in [1.165, 1.54) is 0 Å². The monoisotopic (exact) mass is 418 g/mol. The summed E-state index contributed by atoms with van der Waals surface area (Å²) in [7, 11) is 3.22. The van der Waals surface area contributed by atoms with E-state index in [1.54, 1.807) is 38.5 Å². The molecule has 1 fully saturated rings. The number of piperazine rings is 1. The van der Waals surface area contributed by atoms with Crippen LogP contribution in [0.1, 0.15) is 34.8 Å². The summed E-state index contributed by atoms with van der Waals surface area (Å²) in [5.74, 6) is 1.41. The molecular formula is C22H27ClN2O4. The molecule has 1 atom stereocenters. The first-order chi connectivity index (χ1) is 13.6. The lowest BCUT2D eigenvalue weighted by Crippen LogP contribution is -2.48. The van der Waals surface area contributed by atoms with Crippen molar-refractivity contribution >= 4 is 24.1 Å². The second-order valence-corrected chi connectivity index (χ2v) is 6.70. The number of amides is 1. The highest BCUT2D eigenvalue weighted by molar-refractivity contribution is 5.98. The van der Waals surface area contributed by atoms with Gasteiger partial charge in [0.2, 0.25) is 5.91 Å². The van der Waals surface area contributed by atoms with Crippen LogP contribution in [0.15, 0.2) is 48.5 Å². The molecule has 0 aliphatic carbocycles. The van der Waals surface area contributed by atoms with Gasteiger partial charge in [-0.05, 0) is 30.3 Å². The zero-order valence-electron chi connectivity index (χ0n) is 16.7. The van der Waals surface area contributed by atoms with Gasteiger partial charge in [0.25, 0.3) is 0 Å². The summed E-state index contributed by atoms with van der Waals surface area (Å²) >= 11 is 0. The highest BCUT2D eigenvalue weighted by Gasteiger charge is 2.29. The molecule has 1 unspecified atom stereocenters. The van der Waals surface area contributed by atoms with E-state index in [4.69, 9.17) is 9.47 Å². The number of ether oxygens (including phenoxy) is 2. The third-order valence-corrected chi connectivity index (χ3v) is 5.04. The summed E-state index contributed by atoms with van der Waals surface area (Å²) < 4.78 is 10.6. The van der Waals surface area contributed by atoms with E-state index in [0.717, 1.165) is 17.9 Å². The fourth-order valence-corrected chi connectivity index (χ4v) is 3.51. The molecule has 2 aromatic rings. The smallest absolute Gasteiger partial charge is 0.223 e. The van der Waals surface area contributed by atoms with Gasteiger partial charge in [0.05, 0.1) is 20.3 Å². The van der Waals surface area contributed by atoms with Gasteiger partial charge in [0.15, 0.2) is 5.78 Å². The molecule has 1 amide bonds. The van der Waals surface area contributed by atoms with Crippen molar-refractivity contribution in [1.82, 2.24) is 10.2 Å². The number of rotatable bonds is 7. The number of nitrogens with zero attached hydrogens (tertiary/aromatic N) is 1. The number of carbonyl (C=O) groups is 2. The molecular weight excluding hydrogens is 392 g/mol. The van der Waals surface area contributed by atoms with Crippen LogP contribution in [-0.4, -0.2) is 50.4 Å². The zero-order valence-corrected chi connectivity index (χ0v) is 17.5. The van der Waals surface area contributed by atoms with Crippen molar-refractivity contribution in [2.45, 2.75) is 18.9 Å². The third kappa shape index (κ3) is 5.49. The van der Waals surface area contributed by atoms with Gasteiger partial charge in [0.1, 0.15) is 11.5 Å². The molecule has 7 heteroatoms. The Labute approximate surface area is 177 Å². The molecule has 0 spiro atoms. The molecule has 1 N–H and O–H groups in total. The Hall–Kier alpha value is -2.57. The normalized spacial score (nSPS) is 15.9. The maximum atomic E-state index is 12.9. The zero-order chi connectivity index (χ0) is 19.9. The Morgan fingerprint density at radius 2 is 1.76 bits per heavy atom. The van der Waals surface area contributed by atoms with E-state index in [0.29, 0.717) is 24.4 Å². The number of hydrogen-bond acceptors (Lipinski definition) is 5. The fraction of sp³-hybridized carbons (Fsp3) is 0.364. The summed E-state index contributed by atoms with van der Waals surface area (Å²) in [5.41, 5.74) is 1.57. The molecule has 0 bridgehead atoms. The van der Waals surface area contributed by atoms with Crippen molar-refractivity contribution in [3.05, 3.63) is 59.7 Å². The molecule has 0 saturated carbocycles. The maximum absolute atomic E-state index is 12.9. The van der Waals surface area contributed by atoms with Crippen LogP contribution in [-0.2, 0) is 4.79 Å². The predicted octanol–water partition coefficient (Wildman–Crippen LogP) is 3.26. The number of methoxy groups -OCH3 is 2. The molecule has 29 heavy (non-hydrogen) atoms. The van der Waals surface area contributed by atoms with Gasteiger partial charge < -0.3 is 19.7 Å². The van der Waals surface area contributed by atoms with Crippen molar-refractivity contribution in [1.29, 1.82) is 0 Å². The molecule has 0 radical (unpaired) electrons. The number of ketones is 1. The minimum absolute atomic E-state index is 0. The summed E-state index contributed by atoms with van der Waals surface area (Å²) in [6, 6.07) is 14.6. The average Bonchev–Trinajstić information content (AvgIpc) is 2.77. The molecule has 6 nitrogen and oxygen atoms in total. The first-order valence-electron chi connectivity index (χ1n) is 9.44. The molecule has 0 aromatic heterocycles. The lowest BCUT2D eigenvalue weighted by atomic mass is 10.0. The van der Waals surface area contributed by atoms with Crippen molar-refractivity contribution in [3.8, 4) is 11.5 Å². The summed E-state index contributed by atoms with van der Waals surface area (Å²) in [5, 5.41) is 3.34. The van der Waals surface area contributed by atoms with Crippen molar-refractivity contribution in [2.75, 3.05) is 33.9 Å². The van der Waals surface area contributed by atoms with E-state index < -0.39 is 0 Å². The van der Waals surface area contributed by atoms with Crippen LogP contribution in [0, 0.1) is 0 Å². The number of halogens is 1. The number of Topliss-reactive ketones (excluding diaryl/α,β-unsaturated/α-hetero) is 1. The van der Waals surface area contributed by atoms with Gasteiger partial charge in [-0.3, -0.25) is 9.59 Å². The number of hydrogen-bond donors (Lipinski definition) is 1. The van der Waals surface area contributed by atoms with E-state index in [2.05, 4.69) is 5.32 Å². The van der Waals surface area contributed by atoms with Crippen LogP contribution < -0.4 is 14.8 Å². The van der Waals surface area contributed by atoms with E-state index in [1.807, 2.05) is 29.2 Å². The lowest BCUT2D eigenvalue weighted by Gasteiger charge is -2.37. The van der Waals surface area contributed by atoms with Gasteiger partial charge in [-0.1, -0.05) is 18.2 Å². The Morgan fingerprint density at radius 3 is 2.45 bits per heavy atom. The van der Waals surface area contributed by atoms with Gasteiger partial charge in [-0.15, -0.1) is 12.4 Å². The van der Waals surface area contributed by atoms with Gasteiger partial charge >= 0.3 is 0 Å². The van der Waals surface area contributed by atoms with Crippen molar-refractivity contribution in [2.24, 2.45) is 0 Å². The minimum atomic E-state index is -0.103. The third-order valence-electron chi connectivity index (χ3n) is 5.04. The predicted molar refractivity (Wildman–Crippen MR) is 114 cm³/mol. The fourth-order valence-electron chi connectivity index (χ4n) is 3.51. The number of carbonyl (C=O) groups excluding carboxylic acids is 2. The second-order valence-electron chi connectivity index (χ2n) is 6.70. The first kappa shape index (κ1) is 22.7.